The van der Waals surface area contributed by atoms with Crippen molar-refractivity contribution in [2.45, 2.75) is 0 Å². The van der Waals surface area contributed by atoms with Crippen molar-refractivity contribution in [3.63, 3.8) is 0 Å². The van der Waals surface area contributed by atoms with Gasteiger partial charge in [0.15, 0.2) is 0 Å². The summed E-state index contributed by atoms with van der Waals surface area (Å²) in [5, 5.41) is 125. The number of carbonyl (C=O) groups excluding carboxylic acids is 12. The van der Waals surface area contributed by atoms with Gasteiger partial charge in [0.2, 0.25) is 0 Å². The van der Waals surface area contributed by atoms with Gasteiger partial charge < -0.3 is 151 Å². The Kier molecular flexibility index (Phi) is 49.4. The SMILES string of the molecule is N.N.N.O=C([O-])C[N+](CC(=O)[O-])(CC(=O)[O-])CC(=O)[O-].O=C([O-])C[N+](CC(=O)[O-])(CC(=O)[O-])CC(=O)[O-].O=C([O-])C[N+](CC(=O)[O-])(CC(=O)[O-])CC(=O)[O-].[Fe].[Fe].[Fe].[Fe]. The third kappa shape index (κ3) is 42.6. The minimum Gasteiger partial charge on any atom is -0.544 e. The molecule has 0 aromatic carbocycles. The van der Waals surface area contributed by atoms with Gasteiger partial charge in [-0.25, -0.2) is 0 Å². The Hall–Kier alpha value is -4.52. The Labute approximate surface area is 367 Å². The fraction of sp³-hybridized carbons (Fsp3) is 0.500. The third-order valence-electron chi connectivity index (χ3n) is 5.57. The molecule has 0 bridgehead atoms. The quantitative estimate of drug-likeness (QED) is 0.0597. The van der Waals surface area contributed by atoms with Crippen molar-refractivity contribution in [3.8, 4) is 0 Å². The van der Waals surface area contributed by atoms with Gasteiger partial charge >= 0.3 is 0 Å². The Morgan fingerprint density at radius 1 is 0.207 bits per heavy atom. The van der Waals surface area contributed by atoms with Crippen LogP contribution in [0.1, 0.15) is 0 Å². The summed E-state index contributed by atoms with van der Waals surface area (Å²) < 4.78 is -3.97. The van der Waals surface area contributed by atoms with E-state index in [4.69, 9.17) is 0 Å². The van der Waals surface area contributed by atoms with Crippen molar-refractivity contribution >= 4 is 71.6 Å². The number of carbonyl (C=O) groups is 12. The summed E-state index contributed by atoms with van der Waals surface area (Å²) in [6, 6.07) is 0. The number of rotatable bonds is 24. The van der Waals surface area contributed by atoms with Crippen LogP contribution in [-0.4, -0.2) is 164 Å². The molecule has 0 heterocycles. The van der Waals surface area contributed by atoms with Crippen LogP contribution in [0.15, 0.2) is 0 Å². The zero-order valence-electron chi connectivity index (χ0n) is 29.2. The van der Waals surface area contributed by atoms with Crippen molar-refractivity contribution in [2.75, 3.05) is 78.5 Å². The zero-order valence-corrected chi connectivity index (χ0v) is 33.6. The summed E-state index contributed by atoms with van der Waals surface area (Å²) in [7, 11) is 0. The van der Waals surface area contributed by atoms with Crippen LogP contribution in [0.3, 0.4) is 0 Å². The van der Waals surface area contributed by atoms with E-state index in [1.165, 1.54) is 0 Å². The van der Waals surface area contributed by atoms with Crippen molar-refractivity contribution in [3.05, 3.63) is 0 Å². The van der Waals surface area contributed by atoms with Gasteiger partial charge in [-0.1, -0.05) is 0 Å². The van der Waals surface area contributed by atoms with Crippen LogP contribution in [0.5, 0.6) is 0 Å². The van der Waals surface area contributed by atoms with Crippen LogP contribution in [0.4, 0.5) is 0 Å². The van der Waals surface area contributed by atoms with Crippen LogP contribution in [0, 0.1) is 0 Å². The molecule has 9 N–H and O–H groups in total. The van der Waals surface area contributed by atoms with Crippen LogP contribution < -0.4 is 79.7 Å². The van der Waals surface area contributed by atoms with E-state index in [2.05, 4.69) is 0 Å². The summed E-state index contributed by atoms with van der Waals surface area (Å²) in [5.41, 5.74) is 0. The smallest absolute Gasteiger partial charge is 0.120 e. The Balaban J connectivity index is -0.0000000702. The van der Waals surface area contributed by atoms with Gasteiger partial charge in [-0.3, -0.25) is 0 Å². The van der Waals surface area contributed by atoms with Gasteiger partial charge in [-0.05, 0) is 0 Å². The first-order valence-electron chi connectivity index (χ1n) is 12.9. The molecule has 34 heteroatoms. The standard InChI is InChI=1S/3C8H11NO8.4Fe.3H3N/c3*10-5(11)1-9(2-6(12)13,3-7(14)15)4-8(16)17;;;;;;;/h3*1-4H2,(H3-,10,11,12,13,14,15,16,17);;;;;3*1H3/p-9. The second-order valence-electron chi connectivity index (χ2n) is 10.4. The molecule has 58 heavy (non-hydrogen) atoms. The maximum absolute atomic E-state index is 10.4. The van der Waals surface area contributed by atoms with Gasteiger partial charge in [0.25, 0.3) is 0 Å². The molecule has 0 aliphatic carbocycles. The second kappa shape index (κ2) is 36.8. The van der Waals surface area contributed by atoms with Crippen LogP contribution in [0.2, 0.25) is 0 Å². The van der Waals surface area contributed by atoms with E-state index in [-0.39, 0.29) is 86.7 Å². The number of aliphatic carboxylic acids is 12. The zero-order chi connectivity index (χ0) is 40.9. The monoisotopic (exact) mass is 1010 g/mol. The molecule has 0 unspecified atom stereocenters. The van der Waals surface area contributed by atoms with Crippen molar-refractivity contribution in [1.29, 1.82) is 0 Å². The Morgan fingerprint density at radius 3 is 0.293 bits per heavy atom. The summed E-state index contributed by atoms with van der Waals surface area (Å²) in [5.74, 6) is -21.6. The molecular formula is C24H33Fe4N6O24-9. The molecule has 0 atom stereocenters. The van der Waals surface area contributed by atoms with Crippen molar-refractivity contribution in [1.82, 2.24) is 18.5 Å². The molecule has 0 aliphatic rings. The summed E-state index contributed by atoms with van der Waals surface area (Å²) >= 11 is 0. The summed E-state index contributed by atoms with van der Waals surface area (Å²) in [6.45, 7) is -13.4. The number of hydrogen-bond acceptors (Lipinski definition) is 27. The van der Waals surface area contributed by atoms with Gasteiger partial charge in [0.1, 0.15) is 78.5 Å². The average molecular weight is 1010 g/mol. The minimum absolute atomic E-state index is 0. The molecule has 0 saturated heterocycles. The van der Waals surface area contributed by atoms with E-state index in [0.717, 1.165) is 0 Å². The van der Waals surface area contributed by atoms with E-state index >= 15 is 0 Å². The van der Waals surface area contributed by atoms with Crippen LogP contribution in [-0.2, 0) is 126 Å². The predicted octanol–water partition coefficient (Wildman–Crippen LogP) is -21.1. The first-order valence-corrected chi connectivity index (χ1v) is 12.9. The third-order valence-corrected chi connectivity index (χ3v) is 5.57. The van der Waals surface area contributed by atoms with Gasteiger partial charge in [-0.2, -0.15) is 0 Å². The second-order valence-corrected chi connectivity index (χ2v) is 10.4. The Bertz CT molecular complexity index is 1030. The number of carboxylic acid groups (broad SMARTS) is 12. The van der Waals surface area contributed by atoms with E-state index in [0.29, 0.717) is 0 Å². The van der Waals surface area contributed by atoms with Gasteiger partial charge in [-0.15, -0.1) is 0 Å². The molecule has 344 valence electrons. The first-order chi connectivity index (χ1) is 23.0. The number of hydrogen-bond donors (Lipinski definition) is 3. The topological polar surface area (TPSA) is 587 Å². The molecule has 0 amide bonds. The van der Waals surface area contributed by atoms with Gasteiger partial charge in [0.05, 0.1) is 71.6 Å². The molecule has 0 rings (SSSR count). The fourth-order valence-electron chi connectivity index (χ4n) is 4.29. The van der Waals surface area contributed by atoms with E-state index < -0.39 is 164 Å². The number of quaternary nitrogens is 3. The van der Waals surface area contributed by atoms with Crippen molar-refractivity contribution in [2.24, 2.45) is 0 Å². The van der Waals surface area contributed by atoms with E-state index in [1.807, 2.05) is 0 Å². The molecular weight excluding hydrogens is 980 g/mol. The number of carboxylic acids is 12. The van der Waals surface area contributed by atoms with Crippen LogP contribution in [0.25, 0.3) is 0 Å². The molecule has 0 aliphatic heterocycles. The number of nitrogens with zero attached hydrogens (tertiary/aromatic N) is 3. The minimum atomic E-state index is -1.80. The average Bonchev–Trinajstić information content (AvgIpc) is 2.78. The first kappa shape index (κ1) is 77.9. The normalized spacial score (nSPS) is 9.52. The maximum atomic E-state index is 10.4. The Morgan fingerprint density at radius 2 is 0.259 bits per heavy atom. The van der Waals surface area contributed by atoms with E-state index in [1.54, 1.807) is 0 Å². The predicted molar refractivity (Wildman–Crippen MR) is 134 cm³/mol. The molecule has 30 nitrogen and oxygen atoms in total. The largest absolute Gasteiger partial charge is 0.544 e. The molecule has 0 radical (unpaired) electrons. The molecule has 0 saturated carbocycles. The summed E-state index contributed by atoms with van der Waals surface area (Å²) in [6.07, 6.45) is 0. The summed E-state index contributed by atoms with van der Waals surface area (Å²) in [4.78, 5) is 125. The molecule has 0 spiro atoms. The fourth-order valence-corrected chi connectivity index (χ4v) is 4.29. The maximum Gasteiger partial charge on any atom is 0.120 e. The molecule has 0 aromatic rings. The van der Waals surface area contributed by atoms with Crippen LogP contribution >= 0.6 is 0 Å². The molecule has 0 fully saturated rings. The van der Waals surface area contributed by atoms with Gasteiger partial charge in [0, 0.05) is 68.3 Å². The van der Waals surface area contributed by atoms with E-state index in [9.17, 15) is 119 Å². The van der Waals surface area contributed by atoms with Crippen molar-refractivity contribution < 1.29 is 201 Å². The molecule has 0 aromatic heterocycles.